The van der Waals surface area contributed by atoms with Gasteiger partial charge in [-0.25, -0.2) is 4.68 Å². The van der Waals surface area contributed by atoms with Crippen LogP contribution in [-0.4, -0.2) is 22.3 Å². The van der Waals surface area contributed by atoms with Crippen molar-refractivity contribution < 1.29 is 9.53 Å². The number of nitrogens with one attached hydrogen (secondary N) is 1. The van der Waals surface area contributed by atoms with Gasteiger partial charge in [-0.3, -0.25) is 9.59 Å². The molecule has 1 amide bonds. The Bertz CT molecular complexity index is 934. The molecule has 0 spiro atoms. The fourth-order valence-corrected chi connectivity index (χ4v) is 3.27. The van der Waals surface area contributed by atoms with Crippen molar-refractivity contribution in [3.8, 4) is 16.3 Å². The van der Waals surface area contributed by atoms with E-state index in [1.165, 1.54) is 10.7 Å². The molecule has 0 saturated carbocycles. The van der Waals surface area contributed by atoms with Crippen LogP contribution in [-0.2, 0) is 11.3 Å². The first kappa shape index (κ1) is 18.8. The quantitative estimate of drug-likeness (QED) is 0.642. The summed E-state index contributed by atoms with van der Waals surface area (Å²) in [6.45, 7) is 2.92. The highest BCUT2D eigenvalue weighted by molar-refractivity contribution is 7.13. The van der Waals surface area contributed by atoms with E-state index in [-0.39, 0.29) is 11.5 Å². The zero-order valence-electron chi connectivity index (χ0n) is 15.1. The molecule has 1 aromatic carbocycles. The maximum atomic E-state index is 12.1. The molecule has 0 bridgehead atoms. The highest BCUT2D eigenvalue weighted by Crippen LogP contribution is 2.21. The third-order valence-electron chi connectivity index (χ3n) is 3.86. The molecule has 0 atom stereocenters. The summed E-state index contributed by atoms with van der Waals surface area (Å²) in [6, 6.07) is 14.4. The second kappa shape index (κ2) is 9.14. The lowest BCUT2D eigenvalue weighted by atomic mass is 10.2. The van der Waals surface area contributed by atoms with E-state index in [4.69, 9.17) is 4.74 Å². The van der Waals surface area contributed by atoms with Crippen molar-refractivity contribution in [2.24, 2.45) is 0 Å². The van der Waals surface area contributed by atoms with E-state index in [9.17, 15) is 9.59 Å². The summed E-state index contributed by atoms with van der Waals surface area (Å²) in [6.07, 6.45) is 0.841. The predicted octanol–water partition coefficient (Wildman–Crippen LogP) is 3.79. The number of hydrogen-bond acceptors (Lipinski definition) is 5. The molecule has 6 nitrogen and oxygen atoms in total. The van der Waals surface area contributed by atoms with Crippen LogP contribution in [0, 0.1) is 0 Å². The van der Waals surface area contributed by atoms with E-state index < -0.39 is 0 Å². The van der Waals surface area contributed by atoms with E-state index in [2.05, 4.69) is 10.4 Å². The van der Waals surface area contributed by atoms with Gasteiger partial charge in [0.2, 0.25) is 5.91 Å². The van der Waals surface area contributed by atoms with Crippen LogP contribution in [0.2, 0.25) is 0 Å². The number of carbonyl (C=O) groups is 1. The molecule has 0 aliphatic heterocycles. The van der Waals surface area contributed by atoms with E-state index in [1.807, 2.05) is 36.6 Å². The number of hydrogen-bond donors (Lipinski definition) is 1. The van der Waals surface area contributed by atoms with Gasteiger partial charge < -0.3 is 10.1 Å². The van der Waals surface area contributed by atoms with Crippen molar-refractivity contribution in [1.29, 1.82) is 0 Å². The number of amides is 1. The lowest BCUT2D eigenvalue weighted by Gasteiger charge is -2.08. The maximum absolute atomic E-state index is 12.1. The zero-order chi connectivity index (χ0) is 19.1. The Hall–Kier alpha value is -2.93. The molecular weight excluding hydrogens is 362 g/mol. The van der Waals surface area contributed by atoms with Crippen LogP contribution >= 0.6 is 11.3 Å². The summed E-state index contributed by atoms with van der Waals surface area (Å²) >= 11 is 1.57. The fraction of sp³-hybridized carbons (Fsp3) is 0.250. The number of benzene rings is 1. The number of carbonyl (C=O) groups excluding carboxylic acids is 1. The van der Waals surface area contributed by atoms with E-state index in [0.717, 1.165) is 22.0 Å². The van der Waals surface area contributed by atoms with Gasteiger partial charge in [-0.15, -0.1) is 11.3 Å². The normalized spacial score (nSPS) is 10.6. The minimum absolute atomic E-state index is 0.0957. The Balaban J connectivity index is 1.52. The zero-order valence-corrected chi connectivity index (χ0v) is 15.9. The summed E-state index contributed by atoms with van der Waals surface area (Å²) in [7, 11) is 0. The Morgan fingerprint density at radius 2 is 2.00 bits per heavy atom. The van der Waals surface area contributed by atoms with E-state index in [0.29, 0.717) is 26.0 Å². The molecule has 0 aliphatic rings. The molecule has 0 radical (unpaired) electrons. The van der Waals surface area contributed by atoms with Crippen molar-refractivity contribution in [1.82, 2.24) is 9.78 Å². The molecule has 27 heavy (non-hydrogen) atoms. The number of aromatic nitrogens is 2. The second-order valence-corrected chi connectivity index (χ2v) is 6.81. The first-order valence-corrected chi connectivity index (χ1v) is 9.68. The highest BCUT2D eigenvalue weighted by Gasteiger charge is 2.07. The molecule has 3 aromatic rings. The molecule has 2 heterocycles. The predicted molar refractivity (Wildman–Crippen MR) is 107 cm³/mol. The molecular formula is C20H21N3O3S. The summed E-state index contributed by atoms with van der Waals surface area (Å²) in [4.78, 5) is 25.1. The molecule has 140 valence electrons. The molecule has 7 heteroatoms. The molecule has 0 unspecified atom stereocenters. The van der Waals surface area contributed by atoms with Crippen LogP contribution in [0.25, 0.3) is 10.6 Å². The van der Waals surface area contributed by atoms with Crippen LogP contribution in [0.15, 0.2) is 58.7 Å². The number of thiophene rings is 1. The molecule has 0 fully saturated rings. The number of ether oxygens (including phenoxy) is 1. The highest BCUT2D eigenvalue weighted by atomic mass is 32.1. The van der Waals surface area contributed by atoms with Gasteiger partial charge in [0.25, 0.3) is 5.56 Å². The third kappa shape index (κ3) is 5.27. The molecule has 1 N–H and O–H groups in total. The van der Waals surface area contributed by atoms with E-state index >= 15 is 0 Å². The summed E-state index contributed by atoms with van der Waals surface area (Å²) in [5, 5.41) is 9.21. The largest absolute Gasteiger partial charge is 0.494 e. The van der Waals surface area contributed by atoms with Crippen LogP contribution in [0.5, 0.6) is 5.75 Å². The minimum Gasteiger partial charge on any atom is -0.494 e. The first-order chi connectivity index (χ1) is 13.2. The van der Waals surface area contributed by atoms with E-state index in [1.54, 1.807) is 29.5 Å². The van der Waals surface area contributed by atoms with Crippen LogP contribution < -0.4 is 15.6 Å². The van der Waals surface area contributed by atoms with Crippen molar-refractivity contribution in [3.05, 3.63) is 64.3 Å². The first-order valence-electron chi connectivity index (χ1n) is 8.80. The molecule has 0 saturated heterocycles. The summed E-state index contributed by atoms with van der Waals surface area (Å²) in [5.74, 6) is 0.674. The average molecular weight is 383 g/mol. The van der Waals surface area contributed by atoms with Gasteiger partial charge in [0.1, 0.15) is 11.4 Å². The molecule has 2 aromatic heterocycles. The van der Waals surface area contributed by atoms with Crippen LogP contribution in [0.1, 0.15) is 19.8 Å². The van der Waals surface area contributed by atoms with Crippen molar-refractivity contribution in [2.45, 2.75) is 26.3 Å². The SMILES string of the molecule is CCOc1ccc(NC(=O)CCCn2nc(-c3cccs3)ccc2=O)cc1. The average Bonchev–Trinajstić information content (AvgIpc) is 3.20. The Morgan fingerprint density at radius 1 is 1.19 bits per heavy atom. The molecule has 3 rings (SSSR count). The standard InChI is InChI=1S/C20H21N3O3S/c1-2-26-16-9-7-15(8-10-16)21-19(24)6-3-13-23-20(25)12-11-17(22-23)18-5-4-14-27-18/h4-5,7-12,14H,2-3,6,13H2,1H3,(H,21,24). The second-order valence-electron chi connectivity index (χ2n) is 5.87. The number of nitrogens with zero attached hydrogens (tertiary/aromatic N) is 2. The minimum atomic E-state index is -0.165. The summed E-state index contributed by atoms with van der Waals surface area (Å²) < 4.78 is 6.79. The fourth-order valence-electron chi connectivity index (χ4n) is 2.58. The van der Waals surface area contributed by atoms with Crippen molar-refractivity contribution in [3.63, 3.8) is 0 Å². The van der Waals surface area contributed by atoms with Gasteiger partial charge in [-0.05, 0) is 55.1 Å². The van der Waals surface area contributed by atoms with Crippen LogP contribution in [0.3, 0.4) is 0 Å². The molecule has 0 aliphatic carbocycles. The lowest BCUT2D eigenvalue weighted by molar-refractivity contribution is -0.116. The topological polar surface area (TPSA) is 73.2 Å². The number of anilines is 1. The van der Waals surface area contributed by atoms with Gasteiger partial charge in [0.05, 0.1) is 11.5 Å². The van der Waals surface area contributed by atoms with Gasteiger partial charge in [0, 0.05) is 24.7 Å². The van der Waals surface area contributed by atoms with Crippen molar-refractivity contribution >= 4 is 22.9 Å². The number of aryl methyl sites for hydroxylation is 1. The maximum Gasteiger partial charge on any atom is 0.266 e. The van der Waals surface area contributed by atoms with Crippen LogP contribution in [0.4, 0.5) is 5.69 Å². The lowest BCUT2D eigenvalue weighted by Crippen LogP contribution is -2.23. The van der Waals surface area contributed by atoms with Crippen molar-refractivity contribution in [2.75, 3.05) is 11.9 Å². The van der Waals surface area contributed by atoms with Gasteiger partial charge >= 0.3 is 0 Å². The van der Waals surface area contributed by atoms with Gasteiger partial charge in [-0.2, -0.15) is 5.10 Å². The monoisotopic (exact) mass is 383 g/mol. The third-order valence-corrected chi connectivity index (χ3v) is 4.76. The Kier molecular flexibility index (Phi) is 6.38. The Labute approximate surface area is 161 Å². The van der Waals surface area contributed by atoms with Gasteiger partial charge in [0.15, 0.2) is 0 Å². The number of rotatable bonds is 8. The smallest absolute Gasteiger partial charge is 0.266 e. The summed E-state index contributed by atoms with van der Waals surface area (Å²) in [5.41, 5.74) is 1.32. The Morgan fingerprint density at radius 3 is 2.70 bits per heavy atom. The van der Waals surface area contributed by atoms with Gasteiger partial charge in [-0.1, -0.05) is 6.07 Å².